The first-order valence-electron chi connectivity index (χ1n) is 2.45. The zero-order chi connectivity index (χ0) is 6.41. The molecule has 0 amide bonds. The molecule has 0 bridgehead atoms. The number of rotatable bonds is 2. The highest BCUT2D eigenvalue weighted by Gasteiger charge is 1.98. The molecule has 1 unspecified atom stereocenters. The van der Waals surface area contributed by atoms with Gasteiger partial charge in [0.15, 0.2) is 0 Å². The third-order valence-electron chi connectivity index (χ3n) is 0.698. The Labute approximate surface area is 48.5 Å². The number of hydrogen-bond acceptors (Lipinski definition) is 1. The van der Waals surface area contributed by atoms with Gasteiger partial charge in [0, 0.05) is 6.42 Å². The predicted molar refractivity (Wildman–Crippen MR) is 30.0 cm³/mol. The van der Waals surface area contributed by atoms with Crippen LogP contribution in [0.3, 0.4) is 0 Å². The smallest absolute Gasteiger partial charge is 0.134 e. The van der Waals surface area contributed by atoms with Crippen LogP contribution >= 0.6 is 0 Å². The maximum atomic E-state index is 12.0. The highest BCUT2D eigenvalue weighted by atomic mass is 19.1. The molecule has 0 aromatic rings. The lowest BCUT2D eigenvalue weighted by Crippen LogP contribution is -2.03. The maximum absolute atomic E-state index is 12.0. The molecule has 1 atom stereocenters. The van der Waals surface area contributed by atoms with Crippen LogP contribution in [-0.4, -0.2) is 17.9 Å². The summed E-state index contributed by atoms with van der Waals surface area (Å²) in [6.07, 6.45) is -1.02. The van der Waals surface area contributed by atoms with Gasteiger partial charge in [-0.2, -0.15) is 0 Å². The van der Waals surface area contributed by atoms with E-state index in [1.807, 2.05) is 0 Å². The summed E-state index contributed by atoms with van der Waals surface area (Å²) in [6.45, 7) is 1.22. The molecule has 2 heteroatoms. The molecule has 0 aliphatic heterocycles. The second-order valence-corrected chi connectivity index (χ2v) is 1.41. The van der Waals surface area contributed by atoms with E-state index in [-0.39, 0.29) is 6.42 Å². The van der Waals surface area contributed by atoms with Gasteiger partial charge in [-0.15, -0.1) is 11.8 Å². The highest BCUT2D eigenvalue weighted by molar-refractivity contribution is 4.96. The first-order chi connectivity index (χ1) is 3.81. The van der Waals surface area contributed by atoms with Crippen molar-refractivity contribution >= 4 is 0 Å². The van der Waals surface area contributed by atoms with Crippen molar-refractivity contribution in [1.82, 2.24) is 0 Å². The summed E-state index contributed by atoms with van der Waals surface area (Å²) < 4.78 is 12.0. The SMILES string of the molecule is CC#CCC(F)CO. The van der Waals surface area contributed by atoms with Crippen LogP contribution in [0.25, 0.3) is 0 Å². The van der Waals surface area contributed by atoms with Crippen LogP contribution in [0.2, 0.25) is 0 Å². The van der Waals surface area contributed by atoms with E-state index < -0.39 is 12.8 Å². The Morgan fingerprint density at radius 1 is 1.75 bits per heavy atom. The molecular formula is C6H9FO. The van der Waals surface area contributed by atoms with E-state index in [9.17, 15) is 4.39 Å². The van der Waals surface area contributed by atoms with Crippen molar-refractivity contribution < 1.29 is 9.50 Å². The zero-order valence-electron chi connectivity index (χ0n) is 4.82. The van der Waals surface area contributed by atoms with Crippen LogP contribution in [0.15, 0.2) is 0 Å². The Balaban J connectivity index is 3.19. The maximum Gasteiger partial charge on any atom is 0.134 e. The molecule has 0 aliphatic rings. The minimum atomic E-state index is -1.16. The van der Waals surface area contributed by atoms with Crippen LogP contribution < -0.4 is 0 Å². The fraction of sp³-hybridized carbons (Fsp3) is 0.667. The van der Waals surface area contributed by atoms with E-state index in [0.717, 1.165) is 0 Å². The first-order valence-corrected chi connectivity index (χ1v) is 2.45. The summed E-state index contributed by atoms with van der Waals surface area (Å²) in [7, 11) is 0. The molecule has 0 aromatic carbocycles. The van der Waals surface area contributed by atoms with Gasteiger partial charge < -0.3 is 5.11 Å². The predicted octanol–water partition coefficient (Wildman–Crippen LogP) is 0.730. The molecule has 0 aliphatic carbocycles. The fourth-order valence-electron chi connectivity index (χ4n) is 0.277. The minimum absolute atomic E-state index is 0.146. The monoisotopic (exact) mass is 116 g/mol. The van der Waals surface area contributed by atoms with Gasteiger partial charge in [-0.05, 0) is 6.92 Å². The zero-order valence-corrected chi connectivity index (χ0v) is 4.82. The highest BCUT2D eigenvalue weighted by Crippen LogP contribution is 1.92. The molecule has 0 rings (SSSR count). The molecule has 0 saturated carbocycles. The average molecular weight is 116 g/mol. The Kier molecular flexibility index (Phi) is 4.29. The van der Waals surface area contributed by atoms with Crippen LogP contribution in [0.5, 0.6) is 0 Å². The summed E-state index contributed by atoms with van der Waals surface area (Å²) in [6, 6.07) is 0. The first kappa shape index (κ1) is 7.45. The molecule has 0 aromatic heterocycles. The third-order valence-corrected chi connectivity index (χ3v) is 0.698. The van der Waals surface area contributed by atoms with E-state index >= 15 is 0 Å². The van der Waals surface area contributed by atoms with Gasteiger partial charge in [-0.25, -0.2) is 4.39 Å². The Morgan fingerprint density at radius 2 is 2.38 bits per heavy atom. The van der Waals surface area contributed by atoms with Gasteiger partial charge in [-0.3, -0.25) is 0 Å². The van der Waals surface area contributed by atoms with E-state index in [1.54, 1.807) is 6.92 Å². The lowest BCUT2D eigenvalue weighted by molar-refractivity contribution is 0.181. The van der Waals surface area contributed by atoms with Crippen LogP contribution in [0.4, 0.5) is 4.39 Å². The molecule has 0 fully saturated rings. The van der Waals surface area contributed by atoms with Crippen molar-refractivity contribution in [2.45, 2.75) is 19.5 Å². The summed E-state index contributed by atoms with van der Waals surface area (Å²) >= 11 is 0. The normalized spacial score (nSPS) is 11.9. The molecular weight excluding hydrogens is 107 g/mol. The van der Waals surface area contributed by atoms with Crippen LogP contribution in [0.1, 0.15) is 13.3 Å². The number of hydrogen-bond donors (Lipinski definition) is 1. The largest absolute Gasteiger partial charge is 0.393 e. The van der Waals surface area contributed by atoms with Gasteiger partial charge in [0.05, 0.1) is 6.61 Å². The van der Waals surface area contributed by atoms with Crippen molar-refractivity contribution in [2.75, 3.05) is 6.61 Å². The van der Waals surface area contributed by atoms with E-state index in [0.29, 0.717) is 0 Å². The topological polar surface area (TPSA) is 20.2 Å². The summed E-state index contributed by atoms with van der Waals surface area (Å²) in [5.41, 5.74) is 0. The van der Waals surface area contributed by atoms with Gasteiger partial charge in [0.2, 0.25) is 0 Å². The van der Waals surface area contributed by atoms with Crippen LogP contribution in [0, 0.1) is 11.8 Å². The van der Waals surface area contributed by atoms with Crippen molar-refractivity contribution in [3.05, 3.63) is 0 Å². The average Bonchev–Trinajstić information content (AvgIpc) is 1.83. The fourth-order valence-corrected chi connectivity index (χ4v) is 0.277. The van der Waals surface area contributed by atoms with Crippen molar-refractivity contribution in [3.8, 4) is 11.8 Å². The minimum Gasteiger partial charge on any atom is -0.393 e. The van der Waals surface area contributed by atoms with E-state index in [4.69, 9.17) is 5.11 Å². The third kappa shape index (κ3) is 3.63. The van der Waals surface area contributed by atoms with E-state index in [2.05, 4.69) is 11.8 Å². The van der Waals surface area contributed by atoms with Crippen molar-refractivity contribution in [3.63, 3.8) is 0 Å². The number of aliphatic hydroxyl groups excluding tert-OH is 1. The quantitative estimate of drug-likeness (QED) is 0.527. The molecule has 0 saturated heterocycles. The van der Waals surface area contributed by atoms with E-state index in [1.165, 1.54) is 0 Å². The molecule has 0 radical (unpaired) electrons. The molecule has 0 spiro atoms. The second kappa shape index (κ2) is 4.61. The Hall–Kier alpha value is -0.550. The van der Waals surface area contributed by atoms with Crippen molar-refractivity contribution in [1.29, 1.82) is 0 Å². The molecule has 1 N–H and O–H groups in total. The lowest BCUT2D eigenvalue weighted by Gasteiger charge is -1.93. The Bertz CT molecular complexity index is 101. The molecule has 1 nitrogen and oxygen atoms in total. The second-order valence-electron chi connectivity index (χ2n) is 1.41. The van der Waals surface area contributed by atoms with Gasteiger partial charge in [0.25, 0.3) is 0 Å². The van der Waals surface area contributed by atoms with Gasteiger partial charge >= 0.3 is 0 Å². The summed E-state index contributed by atoms with van der Waals surface area (Å²) in [4.78, 5) is 0. The number of halogens is 1. The molecule has 8 heavy (non-hydrogen) atoms. The number of aliphatic hydroxyl groups is 1. The molecule has 0 heterocycles. The Morgan fingerprint density at radius 3 is 2.75 bits per heavy atom. The number of alkyl halides is 1. The van der Waals surface area contributed by atoms with Crippen LogP contribution in [-0.2, 0) is 0 Å². The molecule has 46 valence electrons. The van der Waals surface area contributed by atoms with Gasteiger partial charge in [-0.1, -0.05) is 0 Å². The summed E-state index contributed by atoms with van der Waals surface area (Å²) in [5.74, 6) is 5.05. The standard InChI is InChI=1S/C6H9FO/c1-2-3-4-6(7)5-8/h6,8H,4-5H2,1H3. The lowest BCUT2D eigenvalue weighted by atomic mass is 10.3. The van der Waals surface area contributed by atoms with Gasteiger partial charge in [0.1, 0.15) is 6.17 Å². The van der Waals surface area contributed by atoms with Crippen molar-refractivity contribution in [2.24, 2.45) is 0 Å². The summed E-state index contributed by atoms with van der Waals surface area (Å²) in [5, 5.41) is 8.12.